The summed E-state index contributed by atoms with van der Waals surface area (Å²) in [5, 5.41) is 0. The summed E-state index contributed by atoms with van der Waals surface area (Å²) in [4.78, 5) is 0. The van der Waals surface area contributed by atoms with Gasteiger partial charge in [0.1, 0.15) is 0 Å². The fourth-order valence-corrected chi connectivity index (χ4v) is 1.03. The smallest absolute Gasteiger partial charge is 0.00484 e. The molecular formula is C8H15N. The number of allylic oxidation sites excluding steroid dienone is 2. The monoisotopic (exact) mass is 125 g/mol. The van der Waals surface area contributed by atoms with Gasteiger partial charge in [-0.05, 0) is 32.2 Å². The standard InChI is InChI=1S/C8H15N/c1-6(5-9)3-8-4-7(8)2/h6H,3-5,9H2,1-2H3. The number of hydrogen-bond donors (Lipinski definition) is 1. The molecule has 0 aromatic carbocycles. The first-order valence-electron chi connectivity index (χ1n) is 3.61. The zero-order valence-electron chi connectivity index (χ0n) is 6.28. The maximum atomic E-state index is 5.47. The highest BCUT2D eigenvalue weighted by molar-refractivity contribution is 5.32. The van der Waals surface area contributed by atoms with Crippen LogP contribution in [0.1, 0.15) is 26.7 Å². The molecule has 1 nitrogen and oxygen atoms in total. The van der Waals surface area contributed by atoms with Gasteiger partial charge in [-0.15, -0.1) is 0 Å². The third kappa shape index (κ3) is 1.83. The van der Waals surface area contributed by atoms with Crippen LogP contribution in [-0.2, 0) is 0 Å². The third-order valence-electron chi connectivity index (χ3n) is 1.95. The van der Waals surface area contributed by atoms with Gasteiger partial charge in [-0.25, -0.2) is 0 Å². The van der Waals surface area contributed by atoms with E-state index in [1.165, 1.54) is 12.8 Å². The highest BCUT2D eigenvalue weighted by Gasteiger charge is 2.17. The molecule has 1 rings (SSSR count). The lowest BCUT2D eigenvalue weighted by atomic mass is 10.1. The Balaban J connectivity index is 2.19. The van der Waals surface area contributed by atoms with Gasteiger partial charge < -0.3 is 5.73 Å². The second kappa shape index (κ2) is 2.53. The summed E-state index contributed by atoms with van der Waals surface area (Å²) in [6.45, 7) is 5.24. The van der Waals surface area contributed by atoms with E-state index in [-0.39, 0.29) is 0 Å². The van der Waals surface area contributed by atoms with Crippen LogP contribution in [0.3, 0.4) is 0 Å². The summed E-state index contributed by atoms with van der Waals surface area (Å²) >= 11 is 0. The lowest BCUT2D eigenvalue weighted by molar-refractivity contribution is 0.596. The van der Waals surface area contributed by atoms with E-state index in [1.54, 1.807) is 11.1 Å². The van der Waals surface area contributed by atoms with Crippen molar-refractivity contribution in [3.8, 4) is 0 Å². The molecule has 0 saturated carbocycles. The number of rotatable bonds is 3. The third-order valence-corrected chi connectivity index (χ3v) is 1.95. The van der Waals surface area contributed by atoms with E-state index >= 15 is 0 Å². The molecule has 0 aromatic rings. The molecule has 1 aliphatic rings. The zero-order chi connectivity index (χ0) is 6.85. The minimum Gasteiger partial charge on any atom is -0.330 e. The van der Waals surface area contributed by atoms with E-state index in [0.717, 1.165) is 6.54 Å². The predicted octanol–water partition coefficient (Wildman–Crippen LogP) is 1.69. The molecule has 0 saturated heterocycles. The summed E-state index contributed by atoms with van der Waals surface area (Å²) in [6, 6.07) is 0. The first-order chi connectivity index (χ1) is 4.24. The molecule has 0 aromatic heterocycles. The van der Waals surface area contributed by atoms with Crippen LogP contribution >= 0.6 is 0 Å². The van der Waals surface area contributed by atoms with E-state index in [4.69, 9.17) is 5.73 Å². The Bertz CT molecular complexity index is 136. The molecule has 52 valence electrons. The molecule has 1 heteroatoms. The maximum Gasteiger partial charge on any atom is -0.00484 e. The molecule has 9 heavy (non-hydrogen) atoms. The van der Waals surface area contributed by atoms with Crippen molar-refractivity contribution in [2.24, 2.45) is 11.7 Å². The van der Waals surface area contributed by atoms with E-state index in [0.29, 0.717) is 5.92 Å². The van der Waals surface area contributed by atoms with Crippen molar-refractivity contribution in [3.05, 3.63) is 11.1 Å². The molecule has 2 N–H and O–H groups in total. The molecule has 1 unspecified atom stereocenters. The largest absolute Gasteiger partial charge is 0.330 e. The van der Waals surface area contributed by atoms with Gasteiger partial charge in [-0.1, -0.05) is 18.1 Å². The lowest BCUT2D eigenvalue weighted by Crippen LogP contribution is -2.09. The minimum atomic E-state index is 0.692. The minimum absolute atomic E-state index is 0.692. The van der Waals surface area contributed by atoms with E-state index in [9.17, 15) is 0 Å². The molecule has 0 radical (unpaired) electrons. The lowest BCUT2D eigenvalue weighted by Gasteiger charge is -2.02. The van der Waals surface area contributed by atoms with E-state index < -0.39 is 0 Å². The molecule has 0 aliphatic heterocycles. The molecular weight excluding hydrogens is 110 g/mol. The predicted molar refractivity (Wildman–Crippen MR) is 40.2 cm³/mol. The first kappa shape index (κ1) is 6.81. The Labute approximate surface area is 56.9 Å². The topological polar surface area (TPSA) is 26.0 Å². The fourth-order valence-electron chi connectivity index (χ4n) is 1.03. The van der Waals surface area contributed by atoms with E-state index in [2.05, 4.69) is 13.8 Å². The van der Waals surface area contributed by atoms with Crippen molar-refractivity contribution in [1.82, 2.24) is 0 Å². The second-order valence-corrected chi connectivity index (χ2v) is 3.11. The van der Waals surface area contributed by atoms with Gasteiger partial charge in [0, 0.05) is 0 Å². The Morgan fingerprint density at radius 2 is 2.22 bits per heavy atom. The summed E-state index contributed by atoms with van der Waals surface area (Å²) in [5.74, 6) is 0.692. The summed E-state index contributed by atoms with van der Waals surface area (Å²) in [5.41, 5.74) is 8.71. The highest BCUT2D eigenvalue weighted by atomic mass is 14.5. The van der Waals surface area contributed by atoms with Crippen molar-refractivity contribution >= 4 is 0 Å². The Kier molecular flexibility index (Phi) is 1.91. The van der Waals surface area contributed by atoms with Crippen molar-refractivity contribution in [2.45, 2.75) is 26.7 Å². The second-order valence-electron chi connectivity index (χ2n) is 3.11. The van der Waals surface area contributed by atoms with Crippen molar-refractivity contribution in [1.29, 1.82) is 0 Å². The molecule has 0 amide bonds. The molecule has 1 atom stereocenters. The van der Waals surface area contributed by atoms with Gasteiger partial charge in [0.05, 0.1) is 0 Å². The van der Waals surface area contributed by atoms with Gasteiger partial charge in [-0.3, -0.25) is 0 Å². The Hall–Kier alpha value is -0.300. The SMILES string of the molecule is CC1=C(CC(C)CN)C1. The van der Waals surface area contributed by atoms with Crippen LogP contribution in [0.15, 0.2) is 11.1 Å². The van der Waals surface area contributed by atoms with Gasteiger partial charge in [0.15, 0.2) is 0 Å². The molecule has 0 fully saturated rings. The van der Waals surface area contributed by atoms with Gasteiger partial charge in [-0.2, -0.15) is 0 Å². The quantitative estimate of drug-likeness (QED) is 0.571. The number of hydrogen-bond acceptors (Lipinski definition) is 1. The van der Waals surface area contributed by atoms with Crippen LogP contribution in [0.4, 0.5) is 0 Å². The van der Waals surface area contributed by atoms with Crippen molar-refractivity contribution < 1.29 is 0 Å². The summed E-state index contributed by atoms with van der Waals surface area (Å²) < 4.78 is 0. The fraction of sp³-hybridized carbons (Fsp3) is 0.750. The summed E-state index contributed by atoms with van der Waals surface area (Å²) in [6.07, 6.45) is 2.52. The maximum absolute atomic E-state index is 5.47. The Morgan fingerprint density at radius 3 is 2.56 bits per heavy atom. The summed E-state index contributed by atoms with van der Waals surface area (Å²) in [7, 11) is 0. The van der Waals surface area contributed by atoms with Crippen LogP contribution in [0.2, 0.25) is 0 Å². The van der Waals surface area contributed by atoms with Crippen molar-refractivity contribution in [3.63, 3.8) is 0 Å². The van der Waals surface area contributed by atoms with Crippen molar-refractivity contribution in [2.75, 3.05) is 6.54 Å². The number of nitrogens with two attached hydrogens (primary N) is 1. The van der Waals surface area contributed by atoms with E-state index in [1.807, 2.05) is 0 Å². The highest BCUT2D eigenvalue weighted by Crippen LogP contribution is 2.34. The van der Waals surface area contributed by atoms with Crippen LogP contribution in [0, 0.1) is 5.92 Å². The van der Waals surface area contributed by atoms with Gasteiger partial charge in [0.2, 0.25) is 0 Å². The average Bonchev–Trinajstić information content (AvgIpc) is 2.47. The zero-order valence-corrected chi connectivity index (χ0v) is 6.28. The van der Waals surface area contributed by atoms with Crippen LogP contribution in [-0.4, -0.2) is 6.54 Å². The molecule has 0 heterocycles. The van der Waals surface area contributed by atoms with Crippen LogP contribution in [0.5, 0.6) is 0 Å². The normalized spacial score (nSPS) is 20.3. The van der Waals surface area contributed by atoms with Crippen LogP contribution < -0.4 is 5.73 Å². The first-order valence-corrected chi connectivity index (χ1v) is 3.61. The van der Waals surface area contributed by atoms with Crippen LogP contribution in [0.25, 0.3) is 0 Å². The van der Waals surface area contributed by atoms with Gasteiger partial charge >= 0.3 is 0 Å². The average molecular weight is 125 g/mol. The molecule has 0 spiro atoms. The molecule has 0 bridgehead atoms. The Morgan fingerprint density at radius 1 is 1.67 bits per heavy atom. The van der Waals surface area contributed by atoms with Gasteiger partial charge in [0.25, 0.3) is 0 Å². The molecule has 1 aliphatic carbocycles.